The van der Waals surface area contributed by atoms with Crippen LogP contribution in [0, 0.1) is 0 Å². The third-order valence-corrected chi connectivity index (χ3v) is 3.84. The fraction of sp³-hybridized carbons (Fsp3) is 0.941. The number of carbonyl (C=O) groups is 1. The molecule has 0 fully saturated rings. The number of rotatable bonds is 13. The van der Waals surface area contributed by atoms with Gasteiger partial charge in [0.05, 0.1) is 11.6 Å². The van der Waals surface area contributed by atoms with Crippen LogP contribution in [0.15, 0.2) is 0 Å². The fourth-order valence-corrected chi connectivity index (χ4v) is 2.56. The molecular formula is C17H36N2O2. The lowest BCUT2D eigenvalue weighted by atomic mass is 9.94. The smallest absolute Gasteiger partial charge is 0.237 e. The second-order valence-electron chi connectivity index (χ2n) is 6.63. The van der Waals surface area contributed by atoms with Crippen molar-refractivity contribution in [1.29, 1.82) is 0 Å². The summed E-state index contributed by atoms with van der Waals surface area (Å²) >= 11 is 0. The SMILES string of the molecule is CCCCCCC(C)OCCCC(C)(NC(C)C)C(N)=O. The van der Waals surface area contributed by atoms with Gasteiger partial charge in [-0.25, -0.2) is 0 Å². The highest BCUT2D eigenvalue weighted by Gasteiger charge is 2.30. The number of hydrogen-bond acceptors (Lipinski definition) is 3. The van der Waals surface area contributed by atoms with Crippen molar-refractivity contribution in [2.24, 2.45) is 5.73 Å². The molecule has 0 aliphatic heterocycles. The first kappa shape index (κ1) is 20.4. The van der Waals surface area contributed by atoms with Crippen LogP contribution in [0.4, 0.5) is 0 Å². The summed E-state index contributed by atoms with van der Waals surface area (Å²) in [7, 11) is 0. The van der Waals surface area contributed by atoms with Crippen LogP contribution < -0.4 is 11.1 Å². The van der Waals surface area contributed by atoms with Gasteiger partial charge in [0.1, 0.15) is 0 Å². The summed E-state index contributed by atoms with van der Waals surface area (Å²) in [5.74, 6) is -0.288. The molecule has 3 N–H and O–H groups in total. The second kappa shape index (κ2) is 11.0. The van der Waals surface area contributed by atoms with Crippen LogP contribution in [-0.2, 0) is 9.53 Å². The van der Waals surface area contributed by atoms with Gasteiger partial charge in [0.25, 0.3) is 0 Å². The Bertz CT molecular complexity index is 282. The minimum atomic E-state index is -0.637. The lowest BCUT2D eigenvalue weighted by Crippen LogP contribution is -2.55. The number of unbranched alkanes of at least 4 members (excludes halogenated alkanes) is 3. The summed E-state index contributed by atoms with van der Waals surface area (Å²) in [5.41, 5.74) is 4.88. The molecule has 0 heterocycles. The Kier molecular flexibility index (Phi) is 10.7. The van der Waals surface area contributed by atoms with Crippen LogP contribution >= 0.6 is 0 Å². The Morgan fingerprint density at radius 1 is 1.19 bits per heavy atom. The minimum Gasteiger partial charge on any atom is -0.379 e. The molecule has 0 radical (unpaired) electrons. The molecule has 126 valence electrons. The van der Waals surface area contributed by atoms with Gasteiger partial charge in [-0.15, -0.1) is 0 Å². The monoisotopic (exact) mass is 300 g/mol. The van der Waals surface area contributed by atoms with Gasteiger partial charge in [-0.05, 0) is 47.0 Å². The Labute approximate surface area is 131 Å². The van der Waals surface area contributed by atoms with Crippen molar-refractivity contribution >= 4 is 5.91 Å². The number of primary amides is 1. The minimum absolute atomic E-state index is 0.237. The quantitative estimate of drug-likeness (QED) is 0.512. The maximum atomic E-state index is 11.6. The van der Waals surface area contributed by atoms with E-state index in [-0.39, 0.29) is 11.9 Å². The molecule has 0 aromatic rings. The number of carbonyl (C=O) groups excluding carboxylic acids is 1. The predicted octanol–water partition coefficient (Wildman–Crippen LogP) is 3.38. The first-order valence-electron chi connectivity index (χ1n) is 8.51. The molecule has 0 saturated heterocycles. The fourth-order valence-electron chi connectivity index (χ4n) is 2.56. The zero-order valence-electron chi connectivity index (χ0n) is 14.7. The van der Waals surface area contributed by atoms with Gasteiger partial charge in [-0.1, -0.05) is 32.6 Å². The Morgan fingerprint density at radius 2 is 1.86 bits per heavy atom. The molecule has 0 spiro atoms. The van der Waals surface area contributed by atoms with Crippen LogP contribution in [-0.4, -0.2) is 30.2 Å². The standard InChI is InChI=1S/C17H36N2O2/c1-6-7-8-9-11-15(4)21-13-10-12-17(5,16(18)20)19-14(2)3/h14-15,19H,6-13H2,1-5H3,(H2,18,20). The predicted molar refractivity (Wildman–Crippen MR) is 89.3 cm³/mol. The van der Waals surface area contributed by atoms with E-state index in [2.05, 4.69) is 19.2 Å². The molecule has 4 heteroatoms. The van der Waals surface area contributed by atoms with E-state index in [9.17, 15) is 4.79 Å². The average Bonchev–Trinajstić information content (AvgIpc) is 2.39. The van der Waals surface area contributed by atoms with Crippen molar-refractivity contribution in [2.75, 3.05) is 6.61 Å². The topological polar surface area (TPSA) is 64.3 Å². The van der Waals surface area contributed by atoms with E-state index in [0.717, 1.165) is 12.8 Å². The summed E-state index contributed by atoms with van der Waals surface area (Å²) in [4.78, 5) is 11.6. The lowest BCUT2D eigenvalue weighted by Gasteiger charge is -2.30. The largest absolute Gasteiger partial charge is 0.379 e. The zero-order chi connectivity index (χ0) is 16.3. The summed E-state index contributed by atoms with van der Waals surface area (Å²) in [6.45, 7) is 11.0. The number of nitrogens with one attached hydrogen (secondary N) is 1. The van der Waals surface area contributed by atoms with Crippen LogP contribution in [0.25, 0.3) is 0 Å². The van der Waals surface area contributed by atoms with Gasteiger partial charge in [-0.3, -0.25) is 4.79 Å². The highest BCUT2D eigenvalue weighted by atomic mass is 16.5. The van der Waals surface area contributed by atoms with Gasteiger partial charge in [0.2, 0.25) is 5.91 Å². The summed E-state index contributed by atoms with van der Waals surface area (Å²) in [6, 6.07) is 0.237. The van der Waals surface area contributed by atoms with Gasteiger partial charge >= 0.3 is 0 Å². The third-order valence-electron chi connectivity index (χ3n) is 3.84. The van der Waals surface area contributed by atoms with Crippen LogP contribution in [0.3, 0.4) is 0 Å². The molecule has 0 aromatic heterocycles. The van der Waals surface area contributed by atoms with Crippen molar-refractivity contribution < 1.29 is 9.53 Å². The molecule has 21 heavy (non-hydrogen) atoms. The van der Waals surface area contributed by atoms with E-state index in [4.69, 9.17) is 10.5 Å². The molecule has 0 rings (SSSR count). The molecule has 0 bridgehead atoms. The van der Waals surface area contributed by atoms with E-state index in [1.54, 1.807) is 0 Å². The van der Waals surface area contributed by atoms with Crippen molar-refractivity contribution in [3.63, 3.8) is 0 Å². The van der Waals surface area contributed by atoms with Gasteiger partial charge in [0.15, 0.2) is 0 Å². The van der Waals surface area contributed by atoms with E-state index in [0.29, 0.717) is 19.1 Å². The maximum absolute atomic E-state index is 11.6. The number of nitrogens with two attached hydrogens (primary N) is 1. The molecular weight excluding hydrogens is 264 g/mol. The number of hydrogen-bond donors (Lipinski definition) is 2. The molecule has 1 amide bonds. The first-order chi connectivity index (χ1) is 9.81. The van der Waals surface area contributed by atoms with Crippen LogP contribution in [0.5, 0.6) is 0 Å². The zero-order valence-corrected chi connectivity index (χ0v) is 14.7. The molecule has 4 nitrogen and oxygen atoms in total. The summed E-state index contributed by atoms with van der Waals surface area (Å²) < 4.78 is 5.82. The van der Waals surface area contributed by atoms with Crippen LogP contribution in [0.2, 0.25) is 0 Å². The van der Waals surface area contributed by atoms with E-state index in [1.807, 2.05) is 20.8 Å². The van der Waals surface area contributed by atoms with Crippen molar-refractivity contribution in [3.8, 4) is 0 Å². The van der Waals surface area contributed by atoms with Crippen LogP contribution in [0.1, 0.15) is 79.6 Å². The van der Waals surface area contributed by atoms with Crippen molar-refractivity contribution in [3.05, 3.63) is 0 Å². The first-order valence-corrected chi connectivity index (χ1v) is 8.51. The lowest BCUT2D eigenvalue weighted by molar-refractivity contribution is -0.124. The molecule has 0 aliphatic carbocycles. The van der Waals surface area contributed by atoms with E-state index >= 15 is 0 Å². The normalized spacial score (nSPS) is 15.9. The van der Waals surface area contributed by atoms with Gasteiger partial charge in [0, 0.05) is 12.6 Å². The molecule has 0 aromatic carbocycles. The Hall–Kier alpha value is -0.610. The Balaban J connectivity index is 3.87. The third kappa shape index (κ3) is 9.86. The average molecular weight is 300 g/mol. The summed E-state index contributed by atoms with van der Waals surface area (Å²) in [5, 5.41) is 3.26. The molecule has 0 aliphatic rings. The maximum Gasteiger partial charge on any atom is 0.237 e. The van der Waals surface area contributed by atoms with Gasteiger partial charge < -0.3 is 15.8 Å². The molecule has 2 atom stereocenters. The van der Waals surface area contributed by atoms with Crippen molar-refractivity contribution in [1.82, 2.24) is 5.32 Å². The Morgan fingerprint density at radius 3 is 2.38 bits per heavy atom. The summed E-state index contributed by atoms with van der Waals surface area (Å²) in [6.07, 6.45) is 8.10. The number of ether oxygens (including phenoxy) is 1. The van der Waals surface area contributed by atoms with Crippen molar-refractivity contribution in [2.45, 2.75) is 97.2 Å². The number of amides is 1. The highest BCUT2D eigenvalue weighted by Crippen LogP contribution is 2.14. The highest BCUT2D eigenvalue weighted by molar-refractivity contribution is 5.84. The second-order valence-corrected chi connectivity index (χ2v) is 6.63. The van der Waals surface area contributed by atoms with E-state index < -0.39 is 5.54 Å². The van der Waals surface area contributed by atoms with Gasteiger partial charge in [-0.2, -0.15) is 0 Å². The molecule has 0 saturated carbocycles. The molecule has 2 unspecified atom stereocenters. The van der Waals surface area contributed by atoms with E-state index in [1.165, 1.54) is 25.7 Å².